The lowest BCUT2D eigenvalue weighted by Gasteiger charge is -2.26. The molecule has 0 radical (unpaired) electrons. The molecule has 0 saturated carbocycles. The van der Waals surface area contributed by atoms with Crippen molar-refractivity contribution in [1.29, 1.82) is 0 Å². The Balaban J connectivity index is 2.62. The smallest absolute Gasteiger partial charge is 0.137 e. The van der Waals surface area contributed by atoms with E-state index in [1.807, 2.05) is 25.2 Å². The fourth-order valence-electron chi connectivity index (χ4n) is 1.75. The van der Waals surface area contributed by atoms with Gasteiger partial charge < -0.3 is 4.79 Å². The summed E-state index contributed by atoms with van der Waals surface area (Å²) >= 11 is 0. The third-order valence-electron chi connectivity index (χ3n) is 2.61. The molecule has 1 unspecified atom stereocenters. The normalized spacial score (nSPS) is 13.1. The molecule has 0 fully saturated rings. The van der Waals surface area contributed by atoms with Crippen LogP contribution in [-0.2, 0) is 11.3 Å². The van der Waals surface area contributed by atoms with Crippen molar-refractivity contribution in [3.8, 4) is 0 Å². The first kappa shape index (κ1) is 11.9. The fraction of sp³-hybridized carbons (Fsp3) is 0.462. The van der Waals surface area contributed by atoms with Gasteiger partial charge in [-0.2, -0.15) is 0 Å². The second kappa shape index (κ2) is 5.66. The van der Waals surface area contributed by atoms with Gasteiger partial charge in [-0.1, -0.05) is 44.2 Å². The highest BCUT2D eigenvalue weighted by molar-refractivity contribution is 5.57. The van der Waals surface area contributed by atoms with Crippen molar-refractivity contribution in [2.75, 3.05) is 7.05 Å². The molecule has 1 aromatic carbocycles. The number of hydrogen-bond acceptors (Lipinski definition) is 2. The maximum atomic E-state index is 10.9. The molecule has 0 bridgehead atoms. The summed E-state index contributed by atoms with van der Waals surface area (Å²) in [5.74, 6) is 0.358. The number of carbonyl (C=O) groups is 1. The molecule has 0 aliphatic rings. The summed E-state index contributed by atoms with van der Waals surface area (Å²) in [5, 5.41) is 0. The van der Waals surface area contributed by atoms with E-state index in [9.17, 15) is 4.79 Å². The van der Waals surface area contributed by atoms with E-state index in [2.05, 4.69) is 30.9 Å². The summed E-state index contributed by atoms with van der Waals surface area (Å²) in [7, 11) is 1.99. The monoisotopic (exact) mass is 205 g/mol. The summed E-state index contributed by atoms with van der Waals surface area (Å²) in [6, 6.07) is 10.2. The molecular formula is C13H19NO. The van der Waals surface area contributed by atoms with E-state index >= 15 is 0 Å². The van der Waals surface area contributed by atoms with Crippen molar-refractivity contribution in [3.63, 3.8) is 0 Å². The minimum Gasteiger partial charge on any atom is -0.302 e. The Kier molecular flexibility index (Phi) is 4.50. The number of benzene rings is 1. The van der Waals surface area contributed by atoms with E-state index in [0.717, 1.165) is 12.8 Å². The van der Waals surface area contributed by atoms with Crippen molar-refractivity contribution in [2.24, 2.45) is 5.92 Å². The molecule has 1 atom stereocenters. The van der Waals surface area contributed by atoms with Crippen LogP contribution in [0.25, 0.3) is 0 Å². The van der Waals surface area contributed by atoms with Crippen molar-refractivity contribution in [2.45, 2.75) is 26.4 Å². The van der Waals surface area contributed by atoms with Crippen LogP contribution in [0.4, 0.5) is 0 Å². The number of hydrogen-bond donors (Lipinski definition) is 0. The molecule has 0 N–H and O–H groups in total. The second-order valence-corrected chi connectivity index (χ2v) is 4.27. The Morgan fingerprint density at radius 1 is 1.27 bits per heavy atom. The molecule has 0 aliphatic carbocycles. The molecule has 0 amide bonds. The molecule has 0 aromatic heterocycles. The highest BCUT2D eigenvalue weighted by atomic mass is 16.1. The molecule has 0 heterocycles. The van der Waals surface area contributed by atoms with Crippen LogP contribution >= 0.6 is 0 Å². The van der Waals surface area contributed by atoms with Crippen LogP contribution in [-0.4, -0.2) is 24.3 Å². The summed E-state index contributed by atoms with van der Waals surface area (Å²) in [6.45, 7) is 4.96. The van der Waals surface area contributed by atoms with Gasteiger partial charge in [-0.15, -0.1) is 0 Å². The average Bonchev–Trinajstić information content (AvgIpc) is 2.19. The molecule has 0 aliphatic heterocycles. The van der Waals surface area contributed by atoms with Gasteiger partial charge in [0, 0.05) is 6.54 Å². The lowest BCUT2D eigenvalue weighted by atomic mass is 10.0. The van der Waals surface area contributed by atoms with E-state index in [1.165, 1.54) is 5.56 Å². The Morgan fingerprint density at radius 2 is 1.87 bits per heavy atom. The quantitative estimate of drug-likeness (QED) is 0.688. The Hall–Kier alpha value is -1.15. The number of likely N-dealkylation sites (N-methyl/N-ethyl adjacent to an activating group) is 1. The molecule has 2 heteroatoms. The molecule has 1 rings (SSSR count). The van der Waals surface area contributed by atoms with Crippen molar-refractivity contribution >= 4 is 6.29 Å². The predicted octanol–water partition coefficient (Wildman–Crippen LogP) is 2.34. The second-order valence-electron chi connectivity index (χ2n) is 4.27. The Morgan fingerprint density at radius 3 is 2.33 bits per heavy atom. The van der Waals surface area contributed by atoms with Gasteiger partial charge in [-0.3, -0.25) is 4.90 Å². The average molecular weight is 205 g/mol. The minimum atomic E-state index is 0.00482. The lowest BCUT2D eigenvalue weighted by Crippen LogP contribution is -2.36. The first-order chi connectivity index (χ1) is 7.15. The number of aldehydes is 1. The van der Waals surface area contributed by atoms with E-state index < -0.39 is 0 Å². The molecule has 0 saturated heterocycles. The van der Waals surface area contributed by atoms with Gasteiger partial charge in [0.2, 0.25) is 0 Å². The maximum Gasteiger partial charge on any atom is 0.137 e. The standard InChI is InChI=1S/C13H19NO/c1-11(2)13(10-15)14(3)9-12-7-5-4-6-8-12/h4-8,10-11,13H,9H2,1-3H3. The first-order valence-electron chi connectivity index (χ1n) is 5.34. The molecule has 1 aromatic rings. The molecule has 15 heavy (non-hydrogen) atoms. The maximum absolute atomic E-state index is 10.9. The van der Waals surface area contributed by atoms with Crippen LogP contribution in [0.5, 0.6) is 0 Å². The minimum absolute atomic E-state index is 0.00482. The van der Waals surface area contributed by atoms with Crippen LogP contribution in [0.3, 0.4) is 0 Å². The van der Waals surface area contributed by atoms with Crippen LogP contribution < -0.4 is 0 Å². The summed E-state index contributed by atoms with van der Waals surface area (Å²) < 4.78 is 0. The Bertz CT molecular complexity index is 295. The van der Waals surface area contributed by atoms with E-state index in [-0.39, 0.29) is 6.04 Å². The van der Waals surface area contributed by atoms with Crippen molar-refractivity contribution in [1.82, 2.24) is 4.90 Å². The number of rotatable bonds is 5. The number of nitrogens with zero attached hydrogens (tertiary/aromatic N) is 1. The van der Waals surface area contributed by atoms with Gasteiger partial charge in [0.1, 0.15) is 6.29 Å². The van der Waals surface area contributed by atoms with Gasteiger partial charge in [0.25, 0.3) is 0 Å². The highest BCUT2D eigenvalue weighted by Gasteiger charge is 2.17. The van der Waals surface area contributed by atoms with Crippen molar-refractivity contribution < 1.29 is 4.79 Å². The van der Waals surface area contributed by atoms with Gasteiger partial charge >= 0.3 is 0 Å². The van der Waals surface area contributed by atoms with E-state index in [0.29, 0.717) is 5.92 Å². The predicted molar refractivity (Wildman–Crippen MR) is 62.6 cm³/mol. The van der Waals surface area contributed by atoms with Gasteiger partial charge in [-0.25, -0.2) is 0 Å². The largest absolute Gasteiger partial charge is 0.302 e. The SMILES string of the molecule is CC(C)C(C=O)N(C)Cc1ccccc1. The third-order valence-corrected chi connectivity index (χ3v) is 2.61. The lowest BCUT2D eigenvalue weighted by molar-refractivity contribution is -0.113. The zero-order valence-corrected chi connectivity index (χ0v) is 9.68. The van der Waals surface area contributed by atoms with Gasteiger partial charge in [-0.05, 0) is 18.5 Å². The third kappa shape index (κ3) is 3.48. The highest BCUT2D eigenvalue weighted by Crippen LogP contribution is 2.10. The summed E-state index contributed by atoms with van der Waals surface area (Å²) in [5.41, 5.74) is 1.24. The van der Waals surface area contributed by atoms with Gasteiger partial charge in [0.15, 0.2) is 0 Å². The summed E-state index contributed by atoms with van der Waals surface area (Å²) in [6.07, 6.45) is 1.04. The number of carbonyl (C=O) groups excluding carboxylic acids is 1. The fourth-order valence-corrected chi connectivity index (χ4v) is 1.75. The zero-order valence-electron chi connectivity index (χ0n) is 9.68. The molecule has 82 valence electrons. The van der Waals surface area contributed by atoms with E-state index in [4.69, 9.17) is 0 Å². The molecule has 0 spiro atoms. The van der Waals surface area contributed by atoms with Crippen molar-refractivity contribution in [3.05, 3.63) is 35.9 Å². The Labute approximate surface area is 91.9 Å². The topological polar surface area (TPSA) is 20.3 Å². The summed E-state index contributed by atoms with van der Waals surface area (Å²) in [4.78, 5) is 13.0. The molecule has 2 nitrogen and oxygen atoms in total. The zero-order chi connectivity index (χ0) is 11.3. The van der Waals surface area contributed by atoms with Crippen LogP contribution in [0.1, 0.15) is 19.4 Å². The van der Waals surface area contributed by atoms with Gasteiger partial charge in [0.05, 0.1) is 6.04 Å². The molecular weight excluding hydrogens is 186 g/mol. The first-order valence-corrected chi connectivity index (χ1v) is 5.34. The van der Waals surface area contributed by atoms with Crippen LogP contribution in [0.15, 0.2) is 30.3 Å². The van der Waals surface area contributed by atoms with E-state index in [1.54, 1.807) is 0 Å². The van der Waals surface area contributed by atoms with Crippen LogP contribution in [0.2, 0.25) is 0 Å². The van der Waals surface area contributed by atoms with Crippen LogP contribution in [0, 0.1) is 5.92 Å².